The summed E-state index contributed by atoms with van der Waals surface area (Å²) in [5.41, 5.74) is 2.50. The molecule has 1 aliphatic rings. The number of hydrogen-bond donors (Lipinski definition) is 0. The van der Waals surface area contributed by atoms with Gasteiger partial charge in [-0.3, -0.25) is 9.59 Å². The van der Waals surface area contributed by atoms with Gasteiger partial charge in [0, 0.05) is 37.8 Å². The number of amides is 1. The van der Waals surface area contributed by atoms with E-state index in [1.807, 2.05) is 36.1 Å². The maximum absolute atomic E-state index is 13.8. The Kier molecular flexibility index (Phi) is 5.35. The third kappa shape index (κ3) is 3.96. The number of halogens is 1. The predicted octanol–water partition coefficient (Wildman–Crippen LogP) is 2.95. The fourth-order valence-electron chi connectivity index (χ4n) is 3.49. The molecule has 0 bridgehead atoms. The van der Waals surface area contributed by atoms with Gasteiger partial charge >= 0.3 is 0 Å². The third-order valence-electron chi connectivity index (χ3n) is 5.37. The zero-order valence-corrected chi connectivity index (χ0v) is 17.0. The van der Waals surface area contributed by atoms with Gasteiger partial charge in [-0.1, -0.05) is 23.8 Å². The Bertz CT molecular complexity index is 1130. The highest BCUT2D eigenvalue weighted by Gasteiger charge is 2.23. The van der Waals surface area contributed by atoms with E-state index in [0.29, 0.717) is 48.8 Å². The monoisotopic (exact) mass is 406 g/mol. The second-order valence-electron chi connectivity index (χ2n) is 7.52. The van der Waals surface area contributed by atoms with Crippen LogP contribution in [0.3, 0.4) is 0 Å². The summed E-state index contributed by atoms with van der Waals surface area (Å²) in [7, 11) is 0. The van der Waals surface area contributed by atoms with Crippen LogP contribution in [0, 0.1) is 19.7 Å². The lowest BCUT2D eigenvalue weighted by atomic mass is 10.1. The zero-order valence-electron chi connectivity index (χ0n) is 17.0. The first-order chi connectivity index (χ1) is 14.4. The van der Waals surface area contributed by atoms with Gasteiger partial charge < -0.3 is 9.80 Å². The van der Waals surface area contributed by atoms with Crippen molar-refractivity contribution in [3.8, 4) is 5.69 Å². The SMILES string of the molecule is Cc1ccc(-n2nc(N3CCN(C(=O)c4ccc(C)c(F)c4)CC3)ccc2=O)cc1. The van der Waals surface area contributed by atoms with Crippen LogP contribution in [-0.4, -0.2) is 46.8 Å². The number of aryl methyl sites for hydroxylation is 2. The van der Waals surface area contributed by atoms with Crippen molar-refractivity contribution >= 4 is 11.7 Å². The van der Waals surface area contributed by atoms with Crippen molar-refractivity contribution in [2.45, 2.75) is 13.8 Å². The molecule has 154 valence electrons. The van der Waals surface area contributed by atoms with E-state index in [4.69, 9.17) is 0 Å². The molecule has 0 aliphatic carbocycles. The first-order valence-corrected chi connectivity index (χ1v) is 9.90. The van der Waals surface area contributed by atoms with Gasteiger partial charge in [0.1, 0.15) is 11.6 Å². The van der Waals surface area contributed by atoms with Crippen molar-refractivity contribution < 1.29 is 9.18 Å². The molecule has 30 heavy (non-hydrogen) atoms. The summed E-state index contributed by atoms with van der Waals surface area (Å²) in [5.74, 6) is 0.136. The van der Waals surface area contributed by atoms with Gasteiger partial charge in [-0.2, -0.15) is 4.68 Å². The summed E-state index contributed by atoms with van der Waals surface area (Å²) in [5, 5.41) is 4.52. The molecule has 2 aromatic carbocycles. The number of hydrogen-bond acceptors (Lipinski definition) is 4. The number of carbonyl (C=O) groups is 1. The summed E-state index contributed by atoms with van der Waals surface area (Å²) in [6.45, 7) is 5.82. The summed E-state index contributed by atoms with van der Waals surface area (Å²) >= 11 is 0. The van der Waals surface area contributed by atoms with Crippen LogP contribution in [0.4, 0.5) is 10.2 Å². The maximum Gasteiger partial charge on any atom is 0.271 e. The molecule has 1 aromatic heterocycles. The molecule has 1 aliphatic heterocycles. The second kappa shape index (κ2) is 8.10. The Labute approximate surface area is 174 Å². The van der Waals surface area contributed by atoms with Gasteiger partial charge in [0.05, 0.1) is 5.69 Å². The Morgan fingerprint density at radius 1 is 0.933 bits per heavy atom. The van der Waals surface area contributed by atoms with Crippen molar-refractivity contribution in [3.05, 3.63) is 87.5 Å². The number of carbonyl (C=O) groups excluding carboxylic acids is 1. The average Bonchev–Trinajstić information content (AvgIpc) is 2.76. The van der Waals surface area contributed by atoms with Gasteiger partial charge in [-0.25, -0.2) is 4.39 Å². The summed E-state index contributed by atoms with van der Waals surface area (Å²) in [6, 6.07) is 15.4. The highest BCUT2D eigenvalue weighted by atomic mass is 19.1. The first kappa shape index (κ1) is 19.8. The van der Waals surface area contributed by atoms with Crippen LogP contribution < -0.4 is 10.5 Å². The number of benzene rings is 2. The van der Waals surface area contributed by atoms with Crippen molar-refractivity contribution in [1.29, 1.82) is 0 Å². The highest BCUT2D eigenvalue weighted by molar-refractivity contribution is 5.94. The minimum absolute atomic E-state index is 0.175. The van der Waals surface area contributed by atoms with Crippen LogP contribution in [0.1, 0.15) is 21.5 Å². The number of aromatic nitrogens is 2. The first-order valence-electron chi connectivity index (χ1n) is 9.90. The number of anilines is 1. The maximum atomic E-state index is 13.8. The van der Waals surface area contributed by atoms with Crippen molar-refractivity contribution in [3.63, 3.8) is 0 Å². The van der Waals surface area contributed by atoms with Gasteiger partial charge in [-0.15, -0.1) is 5.10 Å². The van der Waals surface area contributed by atoms with Gasteiger partial charge in [0.2, 0.25) is 0 Å². The lowest BCUT2D eigenvalue weighted by Crippen LogP contribution is -2.49. The summed E-state index contributed by atoms with van der Waals surface area (Å²) < 4.78 is 15.2. The molecule has 0 spiro atoms. The lowest BCUT2D eigenvalue weighted by Gasteiger charge is -2.35. The number of rotatable bonds is 3. The van der Waals surface area contributed by atoms with Crippen molar-refractivity contribution in [2.75, 3.05) is 31.1 Å². The minimum atomic E-state index is -0.373. The molecule has 0 saturated carbocycles. The van der Waals surface area contributed by atoms with Crippen LogP contribution >= 0.6 is 0 Å². The Morgan fingerprint density at radius 2 is 1.63 bits per heavy atom. The van der Waals surface area contributed by atoms with E-state index >= 15 is 0 Å². The Morgan fingerprint density at radius 3 is 2.30 bits per heavy atom. The van der Waals surface area contributed by atoms with Crippen LogP contribution in [-0.2, 0) is 0 Å². The van der Waals surface area contributed by atoms with E-state index < -0.39 is 0 Å². The molecular weight excluding hydrogens is 383 g/mol. The molecule has 7 heteroatoms. The summed E-state index contributed by atoms with van der Waals surface area (Å²) in [6.07, 6.45) is 0. The quantitative estimate of drug-likeness (QED) is 0.671. The van der Waals surface area contributed by atoms with Crippen LogP contribution in [0.2, 0.25) is 0 Å². The molecule has 1 amide bonds. The van der Waals surface area contributed by atoms with E-state index in [1.165, 1.54) is 16.8 Å². The topological polar surface area (TPSA) is 58.4 Å². The van der Waals surface area contributed by atoms with E-state index in [9.17, 15) is 14.0 Å². The molecule has 0 radical (unpaired) electrons. The minimum Gasteiger partial charge on any atom is -0.352 e. The molecule has 1 saturated heterocycles. The normalized spacial score (nSPS) is 14.1. The number of nitrogens with zero attached hydrogens (tertiary/aromatic N) is 4. The molecular formula is C23H23FN4O2. The van der Waals surface area contributed by atoms with E-state index in [2.05, 4.69) is 5.10 Å². The fourth-order valence-corrected chi connectivity index (χ4v) is 3.49. The second-order valence-corrected chi connectivity index (χ2v) is 7.52. The Balaban J connectivity index is 1.48. The van der Waals surface area contributed by atoms with E-state index in [0.717, 1.165) is 5.56 Å². The van der Waals surface area contributed by atoms with Gasteiger partial charge in [-0.05, 0) is 49.7 Å². The molecule has 3 aromatic rings. The van der Waals surface area contributed by atoms with Gasteiger partial charge in [0.15, 0.2) is 0 Å². The molecule has 1 fully saturated rings. The summed E-state index contributed by atoms with van der Waals surface area (Å²) in [4.78, 5) is 28.7. The molecule has 6 nitrogen and oxygen atoms in total. The number of piperazine rings is 1. The molecule has 4 rings (SSSR count). The highest BCUT2D eigenvalue weighted by Crippen LogP contribution is 2.17. The molecule has 0 atom stereocenters. The van der Waals surface area contributed by atoms with Crippen LogP contribution in [0.5, 0.6) is 0 Å². The lowest BCUT2D eigenvalue weighted by molar-refractivity contribution is 0.0746. The van der Waals surface area contributed by atoms with E-state index in [1.54, 1.807) is 30.0 Å². The molecule has 0 N–H and O–H groups in total. The molecule has 2 heterocycles. The standard InChI is InChI=1S/C23H23FN4O2/c1-16-3-7-19(8-4-16)28-22(29)10-9-21(25-28)26-11-13-27(14-12-26)23(30)18-6-5-17(2)20(24)15-18/h3-10,15H,11-14H2,1-2H3. The largest absolute Gasteiger partial charge is 0.352 e. The van der Waals surface area contributed by atoms with E-state index in [-0.39, 0.29) is 17.3 Å². The van der Waals surface area contributed by atoms with Gasteiger partial charge in [0.25, 0.3) is 11.5 Å². The zero-order chi connectivity index (χ0) is 21.3. The van der Waals surface area contributed by atoms with Crippen LogP contribution in [0.15, 0.2) is 59.4 Å². The smallest absolute Gasteiger partial charge is 0.271 e. The third-order valence-corrected chi connectivity index (χ3v) is 5.37. The predicted molar refractivity (Wildman–Crippen MR) is 114 cm³/mol. The van der Waals surface area contributed by atoms with Crippen molar-refractivity contribution in [1.82, 2.24) is 14.7 Å². The fraction of sp³-hybridized carbons (Fsp3) is 0.261. The van der Waals surface area contributed by atoms with Crippen molar-refractivity contribution in [2.24, 2.45) is 0 Å². The Hall–Kier alpha value is -3.48. The average molecular weight is 406 g/mol. The molecule has 0 unspecified atom stereocenters. The van der Waals surface area contributed by atoms with Crippen LogP contribution in [0.25, 0.3) is 5.69 Å².